The van der Waals surface area contributed by atoms with Crippen molar-refractivity contribution in [2.45, 2.75) is 18.9 Å². The second-order valence-corrected chi connectivity index (χ2v) is 4.59. The minimum atomic E-state index is -0.843. The number of anilines is 1. The summed E-state index contributed by atoms with van der Waals surface area (Å²) in [6.07, 6.45) is 1.97. The summed E-state index contributed by atoms with van der Waals surface area (Å²) in [4.78, 5) is 22.8. The van der Waals surface area contributed by atoms with Crippen LogP contribution in [0.15, 0.2) is 18.2 Å². The monoisotopic (exact) mass is 283 g/mol. The molecule has 0 bridgehead atoms. The van der Waals surface area contributed by atoms with Gasteiger partial charge in [-0.05, 0) is 25.0 Å². The van der Waals surface area contributed by atoms with Crippen molar-refractivity contribution in [2.75, 3.05) is 18.4 Å². The van der Waals surface area contributed by atoms with E-state index in [1.165, 1.54) is 6.07 Å². The van der Waals surface area contributed by atoms with Gasteiger partial charge >= 0.3 is 0 Å². The molecule has 1 aromatic rings. The van der Waals surface area contributed by atoms with Crippen LogP contribution >= 0.6 is 0 Å². The van der Waals surface area contributed by atoms with Crippen molar-refractivity contribution in [2.24, 2.45) is 0 Å². The van der Waals surface area contributed by atoms with Gasteiger partial charge in [0.25, 0.3) is 0 Å². The minimum absolute atomic E-state index is 0.0102. The van der Waals surface area contributed by atoms with E-state index in [-0.39, 0.29) is 25.0 Å². The molecule has 7 heteroatoms. The first-order chi connectivity index (χ1) is 9.56. The number of carbonyl (C=O) groups excluding carboxylic acids is 2. The second kappa shape index (κ2) is 6.42. The number of para-hydroxylation sites is 1. The highest BCUT2D eigenvalue weighted by atomic mass is 19.1. The molecule has 2 amide bonds. The van der Waals surface area contributed by atoms with E-state index in [2.05, 4.69) is 16.0 Å². The third-order valence-electron chi connectivity index (χ3n) is 2.74. The van der Waals surface area contributed by atoms with Gasteiger partial charge in [0.2, 0.25) is 11.8 Å². The lowest BCUT2D eigenvalue weighted by Gasteiger charge is -2.08. The summed E-state index contributed by atoms with van der Waals surface area (Å²) in [6.45, 7) is -0.213. The smallest absolute Gasteiger partial charge is 0.238 e. The standard InChI is InChI=1S/C13H15F2N3O2/c14-9-2-1-3-10(15)13(9)18-12(20)7-16-6-11(19)17-8-4-5-8/h1-3,8,16H,4-7H2,(H,17,19)(H,18,20). The lowest BCUT2D eigenvalue weighted by molar-refractivity contribution is -0.120. The molecule has 3 N–H and O–H groups in total. The van der Waals surface area contributed by atoms with Gasteiger partial charge in [-0.15, -0.1) is 0 Å². The fourth-order valence-corrected chi connectivity index (χ4v) is 1.60. The van der Waals surface area contributed by atoms with Crippen LogP contribution in [0.2, 0.25) is 0 Å². The molecule has 0 spiro atoms. The molecule has 1 aliphatic rings. The summed E-state index contributed by atoms with van der Waals surface area (Å²) in [7, 11) is 0. The topological polar surface area (TPSA) is 70.2 Å². The third-order valence-corrected chi connectivity index (χ3v) is 2.74. The van der Waals surface area contributed by atoms with Gasteiger partial charge < -0.3 is 10.6 Å². The number of hydrogen-bond acceptors (Lipinski definition) is 3. The number of halogens is 2. The zero-order chi connectivity index (χ0) is 14.5. The maximum atomic E-state index is 13.3. The van der Waals surface area contributed by atoms with Crippen molar-refractivity contribution >= 4 is 17.5 Å². The molecule has 0 saturated heterocycles. The van der Waals surface area contributed by atoms with E-state index >= 15 is 0 Å². The average molecular weight is 283 g/mol. The van der Waals surface area contributed by atoms with Gasteiger partial charge in [0.15, 0.2) is 0 Å². The Morgan fingerprint density at radius 2 is 1.70 bits per heavy atom. The van der Waals surface area contributed by atoms with E-state index in [0.29, 0.717) is 0 Å². The Morgan fingerprint density at radius 3 is 2.30 bits per heavy atom. The molecule has 20 heavy (non-hydrogen) atoms. The number of benzene rings is 1. The average Bonchev–Trinajstić information content (AvgIpc) is 3.18. The number of rotatable bonds is 6. The van der Waals surface area contributed by atoms with Crippen LogP contribution in [0.25, 0.3) is 0 Å². The van der Waals surface area contributed by atoms with Crippen molar-refractivity contribution in [3.8, 4) is 0 Å². The highest BCUT2D eigenvalue weighted by molar-refractivity contribution is 5.92. The van der Waals surface area contributed by atoms with E-state index in [4.69, 9.17) is 0 Å². The van der Waals surface area contributed by atoms with Crippen LogP contribution in [0.5, 0.6) is 0 Å². The van der Waals surface area contributed by atoms with Crippen LogP contribution in [0, 0.1) is 11.6 Å². The molecule has 5 nitrogen and oxygen atoms in total. The normalized spacial score (nSPS) is 13.9. The first kappa shape index (κ1) is 14.4. The Bertz CT molecular complexity index is 498. The van der Waals surface area contributed by atoms with Crippen molar-refractivity contribution in [3.05, 3.63) is 29.8 Å². The Labute approximate surface area is 114 Å². The summed E-state index contributed by atoms with van der Waals surface area (Å²) in [5, 5.41) is 7.47. The molecule has 0 unspecified atom stereocenters. The first-order valence-corrected chi connectivity index (χ1v) is 6.30. The first-order valence-electron chi connectivity index (χ1n) is 6.30. The molecule has 0 aliphatic heterocycles. The Balaban J connectivity index is 1.73. The highest BCUT2D eigenvalue weighted by Gasteiger charge is 2.22. The van der Waals surface area contributed by atoms with E-state index < -0.39 is 23.2 Å². The summed E-state index contributed by atoms with van der Waals surface area (Å²) >= 11 is 0. The molecule has 1 aliphatic carbocycles. The highest BCUT2D eigenvalue weighted by Crippen LogP contribution is 2.18. The van der Waals surface area contributed by atoms with Crippen molar-refractivity contribution in [3.63, 3.8) is 0 Å². The van der Waals surface area contributed by atoms with Crippen LogP contribution in [-0.4, -0.2) is 30.9 Å². The molecule has 0 radical (unpaired) electrons. The predicted octanol–water partition coefficient (Wildman–Crippen LogP) is 0.771. The SMILES string of the molecule is O=C(CNCC(=O)NC1CC1)Nc1c(F)cccc1F. The van der Waals surface area contributed by atoms with Crippen LogP contribution in [0.1, 0.15) is 12.8 Å². The van der Waals surface area contributed by atoms with Crippen LogP contribution < -0.4 is 16.0 Å². The number of hydrogen-bond donors (Lipinski definition) is 3. The molecule has 0 aromatic heterocycles. The van der Waals surface area contributed by atoms with Crippen LogP contribution in [-0.2, 0) is 9.59 Å². The molecule has 1 fully saturated rings. The third kappa shape index (κ3) is 4.27. The van der Waals surface area contributed by atoms with Gasteiger partial charge in [-0.2, -0.15) is 0 Å². The van der Waals surface area contributed by atoms with E-state index in [1.54, 1.807) is 0 Å². The molecule has 2 rings (SSSR count). The fourth-order valence-electron chi connectivity index (χ4n) is 1.60. The molecule has 1 saturated carbocycles. The van der Waals surface area contributed by atoms with Gasteiger partial charge in [-0.3, -0.25) is 14.9 Å². The predicted molar refractivity (Wildman–Crippen MR) is 69.0 cm³/mol. The number of carbonyl (C=O) groups is 2. The van der Waals surface area contributed by atoms with Crippen molar-refractivity contribution in [1.29, 1.82) is 0 Å². The van der Waals surface area contributed by atoms with E-state index in [0.717, 1.165) is 25.0 Å². The largest absolute Gasteiger partial charge is 0.352 e. The van der Waals surface area contributed by atoms with E-state index in [9.17, 15) is 18.4 Å². The van der Waals surface area contributed by atoms with Gasteiger partial charge in [0, 0.05) is 6.04 Å². The zero-order valence-electron chi connectivity index (χ0n) is 10.7. The van der Waals surface area contributed by atoms with Crippen molar-refractivity contribution in [1.82, 2.24) is 10.6 Å². The summed E-state index contributed by atoms with van der Waals surface area (Å²) in [5.41, 5.74) is -0.485. The van der Waals surface area contributed by atoms with Gasteiger partial charge in [0.1, 0.15) is 17.3 Å². The summed E-state index contributed by atoms with van der Waals surface area (Å²) < 4.78 is 26.5. The summed E-state index contributed by atoms with van der Waals surface area (Å²) in [5.74, 6) is -2.50. The molecular formula is C13H15F2N3O2. The quantitative estimate of drug-likeness (QED) is 0.722. The van der Waals surface area contributed by atoms with Gasteiger partial charge in [-0.1, -0.05) is 6.07 Å². The minimum Gasteiger partial charge on any atom is -0.352 e. The Morgan fingerprint density at radius 1 is 1.10 bits per heavy atom. The lowest BCUT2D eigenvalue weighted by atomic mass is 10.3. The lowest BCUT2D eigenvalue weighted by Crippen LogP contribution is -2.38. The van der Waals surface area contributed by atoms with Crippen LogP contribution in [0.3, 0.4) is 0 Å². The molecule has 108 valence electrons. The molecule has 0 heterocycles. The molecule has 0 atom stereocenters. The Kier molecular flexibility index (Phi) is 4.62. The van der Waals surface area contributed by atoms with E-state index in [1.807, 2.05) is 0 Å². The number of nitrogens with one attached hydrogen (secondary N) is 3. The van der Waals surface area contributed by atoms with Gasteiger partial charge in [0.05, 0.1) is 13.1 Å². The maximum absolute atomic E-state index is 13.3. The fraction of sp³-hybridized carbons (Fsp3) is 0.385. The molecule has 1 aromatic carbocycles. The van der Waals surface area contributed by atoms with Crippen LogP contribution in [0.4, 0.5) is 14.5 Å². The number of amides is 2. The molecular weight excluding hydrogens is 268 g/mol. The Hall–Kier alpha value is -2.02. The maximum Gasteiger partial charge on any atom is 0.238 e. The summed E-state index contributed by atoms with van der Waals surface area (Å²) in [6, 6.07) is 3.57. The van der Waals surface area contributed by atoms with Crippen molar-refractivity contribution < 1.29 is 18.4 Å². The zero-order valence-corrected chi connectivity index (χ0v) is 10.7. The van der Waals surface area contributed by atoms with Gasteiger partial charge in [-0.25, -0.2) is 8.78 Å². The second-order valence-electron chi connectivity index (χ2n) is 4.59.